The first kappa shape index (κ1) is 21.8. The number of anilines is 1. The standard InChI is InChI=1S/C24H31N3O3S/c1-3-29-23(28)16-18-6-4-8-20-19(18)7-5-9-22(20)30-15-10-21-17(2)31-24(26-21)27-13-11-25-12-14-27/h5-7,9,25H,3-4,8,10-16H2,1-2H3. The van der Waals surface area contributed by atoms with Gasteiger partial charge in [-0.1, -0.05) is 18.2 Å². The predicted octanol–water partition coefficient (Wildman–Crippen LogP) is 3.77. The number of carbonyl (C=O) groups is 1. The zero-order chi connectivity index (χ0) is 21.6. The molecule has 166 valence electrons. The molecule has 0 radical (unpaired) electrons. The van der Waals surface area contributed by atoms with Crippen LogP contribution in [0.1, 0.15) is 41.5 Å². The van der Waals surface area contributed by atoms with E-state index in [0.717, 1.165) is 73.2 Å². The number of thiazole rings is 1. The minimum Gasteiger partial charge on any atom is -0.493 e. The van der Waals surface area contributed by atoms with Crippen molar-refractivity contribution >= 4 is 28.0 Å². The smallest absolute Gasteiger partial charge is 0.310 e. The van der Waals surface area contributed by atoms with Gasteiger partial charge in [0.15, 0.2) is 5.13 Å². The first-order chi connectivity index (χ1) is 15.2. The third-order valence-electron chi connectivity index (χ3n) is 5.77. The fourth-order valence-corrected chi connectivity index (χ4v) is 5.20. The molecular formula is C24H31N3O3S. The Hall–Kier alpha value is -2.38. The van der Waals surface area contributed by atoms with Gasteiger partial charge in [-0.25, -0.2) is 4.98 Å². The van der Waals surface area contributed by atoms with Crippen LogP contribution in [-0.2, 0) is 22.4 Å². The van der Waals surface area contributed by atoms with Gasteiger partial charge in [0.25, 0.3) is 0 Å². The summed E-state index contributed by atoms with van der Waals surface area (Å²) >= 11 is 1.78. The van der Waals surface area contributed by atoms with Crippen LogP contribution in [0, 0.1) is 6.92 Å². The Kier molecular flexibility index (Phi) is 7.25. The van der Waals surface area contributed by atoms with E-state index in [1.165, 1.54) is 10.4 Å². The Labute approximate surface area is 188 Å². The molecule has 2 aromatic rings. The normalized spacial score (nSPS) is 15.9. The fourth-order valence-electron chi connectivity index (χ4n) is 4.19. The summed E-state index contributed by atoms with van der Waals surface area (Å²) in [5.41, 5.74) is 4.48. The number of allylic oxidation sites excluding steroid dienone is 1. The van der Waals surface area contributed by atoms with Crippen molar-refractivity contribution in [2.24, 2.45) is 0 Å². The van der Waals surface area contributed by atoms with Crippen LogP contribution in [0.25, 0.3) is 5.57 Å². The number of benzene rings is 1. The summed E-state index contributed by atoms with van der Waals surface area (Å²) in [5.74, 6) is 0.745. The molecule has 0 amide bonds. The zero-order valence-electron chi connectivity index (χ0n) is 18.4. The van der Waals surface area contributed by atoms with Gasteiger partial charge < -0.3 is 19.7 Å². The summed E-state index contributed by atoms with van der Waals surface area (Å²) in [6, 6.07) is 6.12. The number of hydrogen-bond acceptors (Lipinski definition) is 7. The van der Waals surface area contributed by atoms with E-state index in [0.29, 0.717) is 19.6 Å². The number of nitrogens with zero attached hydrogens (tertiary/aromatic N) is 2. The minimum absolute atomic E-state index is 0.174. The van der Waals surface area contributed by atoms with Gasteiger partial charge in [0.05, 0.1) is 25.3 Å². The minimum atomic E-state index is -0.174. The van der Waals surface area contributed by atoms with Gasteiger partial charge in [0, 0.05) is 43.0 Å². The molecule has 0 atom stereocenters. The van der Waals surface area contributed by atoms with Gasteiger partial charge in [0.2, 0.25) is 0 Å². The van der Waals surface area contributed by atoms with E-state index in [1.807, 2.05) is 19.1 Å². The molecule has 4 rings (SSSR count). The lowest BCUT2D eigenvalue weighted by molar-refractivity contribution is -0.141. The quantitative estimate of drug-likeness (QED) is 0.630. The van der Waals surface area contributed by atoms with Gasteiger partial charge >= 0.3 is 5.97 Å². The van der Waals surface area contributed by atoms with E-state index < -0.39 is 0 Å². The molecule has 2 aliphatic rings. The molecule has 0 spiro atoms. The lowest BCUT2D eigenvalue weighted by Crippen LogP contribution is -2.43. The van der Waals surface area contributed by atoms with Crippen molar-refractivity contribution in [2.45, 2.75) is 39.5 Å². The third kappa shape index (κ3) is 5.28. The predicted molar refractivity (Wildman–Crippen MR) is 125 cm³/mol. The lowest BCUT2D eigenvalue weighted by atomic mass is 9.88. The Morgan fingerprint density at radius 2 is 2.13 bits per heavy atom. The maximum atomic E-state index is 12.0. The molecule has 1 aromatic carbocycles. The second kappa shape index (κ2) is 10.3. The Morgan fingerprint density at radius 1 is 1.29 bits per heavy atom. The summed E-state index contributed by atoms with van der Waals surface area (Å²) in [6.45, 7) is 9.06. The number of aryl methyl sites for hydroxylation is 1. The number of piperazine rings is 1. The molecule has 1 aliphatic heterocycles. The number of fused-ring (bicyclic) bond motifs is 1. The monoisotopic (exact) mass is 441 g/mol. The van der Waals surface area contributed by atoms with E-state index in [2.05, 4.69) is 29.3 Å². The van der Waals surface area contributed by atoms with Crippen LogP contribution in [0.2, 0.25) is 0 Å². The van der Waals surface area contributed by atoms with Crippen molar-refractivity contribution in [3.63, 3.8) is 0 Å². The molecular weight excluding hydrogens is 410 g/mol. The fraction of sp³-hybridized carbons (Fsp3) is 0.500. The van der Waals surface area contributed by atoms with Crippen LogP contribution in [0.5, 0.6) is 5.75 Å². The number of hydrogen-bond donors (Lipinski definition) is 1. The second-order valence-electron chi connectivity index (χ2n) is 7.87. The molecule has 7 heteroatoms. The van der Waals surface area contributed by atoms with Crippen molar-refractivity contribution in [3.8, 4) is 5.75 Å². The zero-order valence-corrected chi connectivity index (χ0v) is 19.2. The van der Waals surface area contributed by atoms with Gasteiger partial charge in [-0.15, -0.1) is 11.3 Å². The molecule has 0 saturated carbocycles. The summed E-state index contributed by atoms with van der Waals surface area (Å²) < 4.78 is 11.4. The highest BCUT2D eigenvalue weighted by atomic mass is 32.1. The van der Waals surface area contributed by atoms with Crippen LogP contribution in [0.4, 0.5) is 5.13 Å². The highest BCUT2D eigenvalue weighted by Gasteiger charge is 2.20. The van der Waals surface area contributed by atoms with E-state index in [-0.39, 0.29) is 5.97 Å². The number of esters is 1. The summed E-state index contributed by atoms with van der Waals surface area (Å²) in [7, 11) is 0. The molecule has 2 heterocycles. The molecule has 0 unspecified atom stereocenters. The number of carbonyl (C=O) groups excluding carboxylic acids is 1. The molecule has 1 N–H and O–H groups in total. The summed E-state index contributed by atoms with van der Waals surface area (Å²) in [6.07, 6.45) is 5.11. The average Bonchev–Trinajstić information content (AvgIpc) is 3.15. The van der Waals surface area contributed by atoms with Crippen molar-refractivity contribution < 1.29 is 14.3 Å². The average molecular weight is 442 g/mol. The highest BCUT2D eigenvalue weighted by molar-refractivity contribution is 7.15. The summed E-state index contributed by atoms with van der Waals surface area (Å²) in [5, 5.41) is 4.51. The van der Waals surface area contributed by atoms with Gasteiger partial charge in [-0.3, -0.25) is 4.79 Å². The molecule has 0 bridgehead atoms. The Balaban J connectivity index is 1.39. The highest BCUT2D eigenvalue weighted by Crippen LogP contribution is 2.35. The van der Waals surface area contributed by atoms with Crippen molar-refractivity contribution in [2.75, 3.05) is 44.3 Å². The maximum absolute atomic E-state index is 12.0. The van der Waals surface area contributed by atoms with E-state index in [4.69, 9.17) is 14.5 Å². The van der Waals surface area contributed by atoms with Gasteiger partial charge in [-0.05, 0) is 43.9 Å². The SMILES string of the molecule is CCOC(=O)CC1=CCCc2c(OCCc3nc(N4CCNCC4)sc3C)cccc21. The largest absolute Gasteiger partial charge is 0.493 e. The van der Waals surface area contributed by atoms with Crippen LogP contribution in [0.15, 0.2) is 24.3 Å². The van der Waals surface area contributed by atoms with Gasteiger partial charge in [-0.2, -0.15) is 0 Å². The van der Waals surface area contributed by atoms with Crippen molar-refractivity contribution in [1.29, 1.82) is 0 Å². The third-order valence-corrected chi connectivity index (χ3v) is 6.84. The van der Waals surface area contributed by atoms with Crippen LogP contribution in [0.3, 0.4) is 0 Å². The maximum Gasteiger partial charge on any atom is 0.310 e. The molecule has 31 heavy (non-hydrogen) atoms. The number of nitrogens with one attached hydrogen (secondary N) is 1. The molecule has 1 aromatic heterocycles. The molecule has 1 aliphatic carbocycles. The van der Waals surface area contributed by atoms with E-state index in [9.17, 15) is 4.79 Å². The van der Waals surface area contributed by atoms with Gasteiger partial charge in [0.1, 0.15) is 5.75 Å². The summed E-state index contributed by atoms with van der Waals surface area (Å²) in [4.78, 5) is 20.5. The van der Waals surface area contributed by atoms with Crippen molar-refractivity contribution in [3.05, 3.63) is 46.0 Å². The lowest BCUT2D eigenvalue weighted by Gasteiger charge is -2.26. The molecule has 1 fully saturated rings. The topological polar surface area (TPSA) is 63.7 Å². The van der Waals surface area contributed by atoms with E-state index >= 15 is 0 Å². The Bertz CT molecular complexity index is 948. The van der Waals surface area contributed by atoms with Crippen LogP contribution in [-0.4, -0.2) is 50.3 Å². The second-order valence-corrected chi connectivity index (χ2v) is 9.05. The Morgan fingerprint density at radius 3 is 2.94 bits per heavy atom. The molecule has 1 saturated heterocycles. The number of rotatable bonds is 8. The van der Waals surface area contributed by atoms with E-state index in [1.54, 1.807) is 11.3 Å². The number of aromatic nitrogens is 1. The first-order valence-electron chi connectivity index (χ1n) is 11.2. The van der Waals surface area contributed by atoms with Crippen LogP contribution >= 0.6 is 11.3 Å². The number of ether oxygens (including phenoxy) is 2. The molecule has 6 nitrogen and oxygen atoms in total. The van der Waals surface area contributed by atoms with Crippen LogP contribution < -0.4 is 15.0 Å². The van der Waals surface area contributed by atoms with Crippen molar-refractivity contribution in [1.82, 2.24) is 10.3 Å². The first-order valence-corrected chi connectivity index (χ1v) is 12.0.